The van der Waals surface area contributed by atoms with E-state index in [4.69, 9.17) is 9.47 Å². The van der Waals surface area contributed by atoms with Gasteiger partial charge in [-0.3, -0.25) is 0 Å². The summed E-state index contributed by atoms with van der Waals surface area (Å²) < 4.78 is 10.5. The van der Waals surface area contributed by atoms with Gasteiger partial charge in [0.2, 0.25) is 6.79 Å². The smallest absolute Gasteiger partial charge is 0.231 e. The van der Waals surface area contributed by atoms with Gasteiger partial charge in [-0.2, -0.15) is 0 Å². The van der Waals surface area contributed by atoms with E-state index in [1.165, 1.54) is 0 Å². The van der Waals surface area contributed by atoms with Crippen LogP contribution in [0, 0.1) is 0 Å². The largest absolute Gasteiger partial charge is 0.454 e. The van der Waals surface area contributed by atoms with Gasteiger partial charge in [0.15, 0.2) is 11.5 Å². The van der Waals surface area contributed by atoms with Crippen molar-refractivity contribution in [1.82, 2.24) is 5.32 Å². The zero-order chi connectivity index (χ0) is 12.6. The van der Waals surface area contributed by atoms with Crippen molar-refractivity contribution in [3.63, 3.8) is 0 Å². The molecule has 1 atom stereocenters. The third kappa shape index (κ3) is 2.16. The van der Waals surface area contributed by atoms with Crippen LogP contribution in [-0.4, -0.2) is 35.7 Å². The Morgan fingerprint density at radius 1 is 1.28 bits per heavy atom. The van der Waals surface area contributed by atoms with Gasteiger partial charge in [0.1, 0.15) is 0 Å². The first-order valence-corrected chi connectivity index (χ1v) is 6.16. The summed E-state index contributed by atoms with van der Waals surface area (Å²) >= 11 is 0. The Labute approximate surface area is 105 Å². The second-order valence-corrected chi connectivity index (χ2v) is 4.95. The maximum absolute atomic E-state index is 10.1. The normalized spacial score (nSPS) is 20.8. The summed E-state index contributed by atoms with van der Waals surface area (Å²) in [5.41, 5.74) is 0.637. The van der Waals surface area contributed by atoms with Crippen molar-refractivity contribution in [3.8, 4) is 11.5 Å². The molecule has 1 aromatic carbocycles. The van der Waals surface area contributed by atoms with Crippen LogP contribution in [0.1, 0.15) is 24.5 Å². The number of hydrogen-bond donors (Lipinski definition) is 3. The summed E-state index contributed by atoms with van der Waals surface area (Å²) in [7, 11) is 0. The van der Waals surface area contributed by atoms with Crippen LogP contribution in [0.2, 0.25) is 0 Å². The molecule has 0 aromatic heterocycles. The van der Waals surface area contributed by atoms with Gasteiger partial charge in [0.05, 0.1) is 12.7 Å². The molecule has 1 fully saturated rings. The number of benzene rings is 1. The minimum Gasteiger partial charge on any atom is -0.454 e. The van der Waals surface area contributed by atoms with E-state index in [2.05, 4.69) is 5.32 Å². The molecule has 1 aromatic rings. The molecule has 0 saturated heterocycles. The predicted molar refractivity (Wildman–Crippen MR) is 64.6 cm³/mol. The lowest BCUT2D eigenvalue weighted by atomic mass is 10.1. The molecule has 1 saturated carbocycles. The van der Waals surface area contributed by atoms with Crippen LogP contribution in [-0.2, 0) is 0 Å². The van der Waals surface area contributed by atoms with Crippen molar-refractivity contribution in [1.29, 1.82) is 0 Å². The molecule has 1 heterocycles. The number of nitrogens with one attached hydrogen (secondary N) is 1. The van der Waals surface area contributed by atoms with Gasteiger partial charge in [-0.05, 0) is 30.5 Å². The first-order valence-electron chi connectivity index (χ1n) is 6.16. The second-order valence-electron chi connectivity index (χ2n) is 4.95. The Balaban J connectivity index is 1.63. The molecule has 5 heteroatoms. The van der Waals surface area contributed by atoms with Gasteiger partial charge in [-0.15, -0.1) is 0 Å². The van der Waals surface area contributed by atoms with Gasteiger partial charge >= 0.3 is 0 Å². The molecule has 1 aliphatic heterocycles. The van der Waals surface area contributed by atoms with Gasteiger partial charge in [-0.1, -0.05) is 6.07 Å². The SMILES string of the molecule is OCC1(NCC(O)c2ccc3c(c2)OCO3)CC1. The summed E-state index contributed by atoms with van der Waals surface area (Å²) in [5.74, 6) is 1.39. The minimum atomic E-state index is -0.608. The number of aliphatic hydroxyl groups is 2. The van der Waals surface area contributed by atoms with E-state index in [1.807, 2.05) is 6.07 Å². The molecule has 3 rings (SSSR count). The number of hydrogen-bond acceptors (Lipinski definition) is 5. The van der Waals surface area contributed by atoms with Crippen molar-refractivity contribution in [2.75, 3.05) is 19.9 Å². The van der Waals surface area contributed by atoms with Crippen molar-refractivity contribution in [2.45, 2.75) is 24.5 Å². The number of rotatable bonds is 5. The molecular weight excluding hydrogens is 234 g/mol. The van der Waals surface area contributed by atoms with Gasteiger partial charge < -0.3 is 25.0 Å². The molecule has 1 aliphatic carbocycles. The minimum absolute atomic E-state index is 0.126. The lowest BCUT2D eigenvalue weighted by Crippen LogP contribution is -2.37. The first-order chi connectivity index (χ1) is 8.72. The Morgan fingerprint density at radius 2 is 2.06 bits per heavy atom. The fraction of sp³-hybridized carbons (Fsp3) is 0.538. The molecular formula is C13H17NO4. The zero-order valence-electron chi connectivity index (χ0n) is 10.1. The van der Waals surface area contributed by atoms with Crippen LogP contribution in [0.3, 0.4) is 0 Å². The highest BCUT2D eigenvalue weighted by Crippen LogP contribution is 2.36. The highest BCUT2D eigenvalue weighted by Gasteiger charge is 2.41. The summed E-state index contributed by atoms with van der Waals surface area (Å²) in [6.45, 7) is 0.793. The van der Waals surface area contributed by atoms with Gasteiger partial charge in [0, 0.05) is 12.1 Å². The van der Waals surface area contributed by atoms with Crippen molar-refractivity contribution < 1.29 is 19.7 Å². The van der Waals surface area contributed by atoms with Crippen LogP contribution in [0.4, 0.5) is 0 Å². The summed E-state index contributed by atoms with van der Waals surface area (Å²) in [6, 6.07) is 5.44. The molecule has 18 heavy (non-hydrogen) atoms. The Bertz CT molecular complexity index is 445. The molecule has 0 amide bonds. The third-order valence-electron chi connectivity index (χ3n) is 3.61. The molecule has 5 nitrogen and oxygen atoms in total. The topological polar surface area (TPSA) is 71.0 Å². The first kappa shape index (κ1) is 11.8. The van der Waals surface area contributed by atoms with Gasteiger partial charge in [0.25, 0.3) is 0 Å². The van der Waals surface area contributed by atoms with E-state index in [0.717, 1.165) is 18.4 Å². The molecule has 0 radical (unpaired) electrons. The van der Waals surface area contributed by atoms with E-state index in [9.17, 15) is 10.2 Å². The fourth-order valence-electron chi connectivity index (χ4n) is 2.09. The van der Waals surface area contributed by atoms with E-state index in [0.29, 0.717) is 18.0 Å². The van der Waals surface area contributed by atoms with E-state index < -0.39 is 6.10 Å². The van der Waals surface area contributed by atoms with Crippen LogP contribution < -0.4 is 14.8 Å². The van der Waals surface area contributed by atoms with Crippen LogP contribution in [0.25, 0.3) is 0 Å². The number of ether oxygens (including phenoxy) is 2. The highest BCUT2D eigenvalue weighted by molar-refractivity contribution is 5.45. The summed E-state index contributed by atoms with van der Waals surface area (Å²) in [5, 5.41) is 22.5. The number of fused-ring (bicyclic) bond motifs is 1. The predicted octanol–water partition coefficient (Wildman–Crippen LogP) is 0.563. The fourth-order valence-corrected chi connectivity index (χ4v) is 2.09. The monoisotopic (exact) mass is 251 g/mol. The lowest BCUT2D eigenvalue weighted by molar-refractivity contribution is 0.153. The molecule has 98 valence electrons. The van der Waals surface area contributed by atoms with E-state index in [1.54, 1.807) is 12.1 Å². The van der Waals surface area contributed by atoms with E-state index >= 15 is 0 Å². The lowest BCUT2D eigenvalue weighted by Gasteiger charge is -2.18. The Hall–Kier alpha value is -1.30. The molecule has 1 unspecified atom stereocenters. The summed E-state index contributed by atoms with van der Waals surface area (Å²) in [4.78, 5) is 0. The van der Waals surface area contributed by atoms with Crippen molar-refractivity contribution in [2.24, 2.45) is 0 Å². The summed E-state index contributed by atoms with van der Waals surface area (Å²) in [6.07, 6.45) is 1.33. The standard InChI is InChI=1S/C13H17NO4/c15-7-13(3-4-13)14-6-10(16)9-1-2-11-12(5-9)18-8-17-11/h1-2,5,10,14-16H,3-4,6-8H2. The van der Waals surface area contributed by atoms with Gasteiger partial charge in [-0.25, -0.2) is 0 Å². The molecule has 0 spiro atoms. The number of β-amino-alcohol motifs (C(OH)–C–C–N with tert-alkyl or cyclic N) is 1. The maximum atomic E-state index is 10.1. The quantitative estimate of drug-likeness (QED) is 0.713. The van der Waals surface area contributed by atoms with E-state index in [-0.39, 0.29) is 18.9 Å². The molecule has 3 N–H and O–H groups in total. The third-order valence-corrected chi connectivity index (χ3v) is 3.61. The van der Waals surface area contributed by atoms with Crippen molar-refractivity contribution >= 4 is 0 Å². The maximum Gasteiger partial charge on any atom is 0.231 e. The van der Waals surface area contributed by atoms with Crippen LogP contribution in [0.5, 0.6) is 11.5 Å². The van der Waals surface area contributed by atoms with Crippen LogP contribution in [0.15, 0.2) is 18.2 Å². The average molecular weight is 251 g/mol. The Morgan fingerprint density at radius 3 is 2.78 bits per heavy atom. The second kappa shape index (κ2) is 4.42. The Kier molecular flexibility index (Phi) is 2.89. The highest BCUT2D eigenvalue weighted by atomic mass is 16.7. The molecule has 0 bridgehead atoms. The molecule has 2 aliphatic rings. The zero-order valence-corrected chi connectivity index (χ0v) is 10.1. The van der Waals surface area contributed by atoms with Crippen molar-refractivity contribution in [3.05, 3.63) is 23.8 Å². The number of aliphatic hydroxyl groups excluding tert-OH is 2. The van der Waals surface area contributed by atoms with Crippen LogP contribution >= 0.6 is 0 Å². The average Bonchev–Trinajstić information content (AvgIpc) is 3.04.